The van der Waals surface area contributed by atoms with Gasteiger partial charge in [-0.3, -0.25) is 0 Å². The lowest BCUT2D eigenvalue weighted by Gasteiger charge is -2.10. The SMILES string of the molecule is Cc1cccc(C)c1Sc1ccc(NCCN)cc1. The van der Waals surface area contributed by atoms with Crippen molar-refractivity contribution in [2.75, 3.05) is 18.4 Å². The number of nitrogens with two attached hydrogens (primary N) is 1. The minimum Gasteiger partial charge on any atom is -0.384 e. The van der Waals surface area contributed by atoms with Crippen LogP contribution in [0.3, 0.4) is 0 Å². The molecule has 0 spiro atoms. The van der Waals surface area contributed by atoms with Gasteiger partial charge in [-0.15, -0.1) is 0 Å². The van der Waals surface area contributed by atoms with Gasteiger partial charge in [0.2, 0.25) is 0 Å². The summed E-state index contributed by atoms with van der Waals surface area (Å²) in [6.07, 6.45) is 0. The summed E-state index contributed by atoms with van der Waals surface area (Å²) in [7, 11) is 0. The molecule has 19 heavy (non-hydrogen) atoms. The van der Waals surface area contributed by atoms with Crippen LogP contribution in [0.1, 0.15) is 11.1 Å². The quantitative estimate of drug-likeness (QED) is 0.869. The van der Waals surface area contributed by atoms with Gasteiger partial charge in [0.25, 0.3) is 0 Å². The molecule has 100 valence electrons. The minimum absolute atomic E-state index is 0.652. The van der Waals surface area contributed by atoms with E-state index in [1.54, 1.807) is 0 Å². The molecule has 0 heterocycles. The number of aryl methyl sites for hydroxylation is 2. The third-order valence-electron chi connectivity index (χ3n) is 2.96. The van der Waals surface area contributed by atoms with Crippen LogP contribution in [0.15, 0.2) is 52.3 Å². The highest BCUT2D eigenvalue weighted by atomic mass is 32.2. The number of nitrogens with one attached hydrogen (secondary N) is 1. The average Bonchev–Trinajstić information content (AvgIpc) is 2.42. The van der Waals surface area contributed by atoms with E-state index in [1.807, 2.05) is 11.8 Å². The van der Waals surface area contributed by atoms with Crippen molar-refractivity contribution < 1.29 is 0 Å². The van der Waals surface area contributed by atoms with Crippen LogP contribution >= 0.6 is 11.8 Å². The van der Waals surface area contributed by atoms with Crippen molar-refractivity contribution in [1.82, 2.24) is 0 Å². The van der Waals surface area contributed by atoms with Gasteiger partial charge in [0.05, 0.1) is 0 Å². The molecule has 2 rings (SSSR count). The number of hydrogen-bond acceptors (Lipinski definition) is 3. The lowest BCUT2D eigenvalue weighted by atomic mass is 10.2. The molecule has 2 nitrogen and oxygen atoms in total. The predicted molar refractivity (Wildman–Crippen MR) is 84.0 cm³/mol. The molecule has 0 radical (unpaired) electrons. The fourth-order valence-corrected chi connectivity index (χ4v) is 2.90. The average molecular weight is 272 g/mol. The number of benzene rings is 2. The molecule has 2 aromatic rings. The smallest absolute Gasteiger partial charge is 0.0341 e. The monoisotopic (exact) mass is 272 g/mol. The summed E-state index contributed by atoms with van der Waals surface area (Å²) in [6, 6.07) is 14.9. The number of rotatable bonds is 5. The Kier molecular flexibility index (Phi) is 4.88. The molecule has 0 aliphatic carbocycles. The van der Waals surface area contributed by atoms with Crippen molar-refractivity contribution in [3.63, 3.8) is 0 Å². The molecule has 0 amide bonds. The summed E-state index contributed by atoms with van der Waals surface area (Å²) in [6.45, 7) is 5.78. The van der Waals surface area contributed by atoms with Gasteiger partial charge in [0.15, 0.2) is 0 Å². The van der Waals surface area contributed by atoms with Gasteiger partial charge in [-0.2, -0.15) is 0 Å². The van der Waals surface area contributed by atoms with E-state index in [9.17, 15) is 0 Å². The highest BCUT2D eigenvalue weighted by molar-refractivity contribution is 7.99. The molecule has 3 heteroatoms. The normalized spacial score (nSPS) is 10.5. The Hall–Kier alpha value is -1.45. The van der Waals surface area contributed by atoms with E-state index in [0.717, 1.165) is 12.2 Å². The Balaban J connectivity index is 2.11. The molecular formula is C16H20N2S. The van der Waals surface area contributed by atoms with Crippen molar-refractivity contribution >= 4 is 17.4 Å². The topological polar surface area (TPSA) is 38.0 Å². The summed E-state index contributed by atoms with van der Waals surface area (Å²) in [4.78, 5) is 2.61. The molecule has 0 bridgehead atoms. The highest BCUT2D eigenvalue weighted by Gasteiger charge is 2.04. The van der Waals surface area contributed by atoms with Gasteiger partial charge in [-0.25, -0.2) is 0 Å². The molecule has 0 saturated heterocycles. The van der Waals surface area contributed by atoms with Gasteiger partial charge < -0.3 is 11.1 Å². The van der Waals surface area contributed by atoms with Crippen molar-refractivity contribution in [3.8, 4) is 0 Å². The second kappa shape index (κ2) is 6.64. The zero-order valence-electron chi connectivity index (χ0n) is 11.4. The summed E-state index contributed by atoms with van der Waals surface area (Å²) in [5.41, 5.74) is 9.25. The van der Waals surface area contributed by atoms with E-state index < -0.39 is 0 Å². The van der Waals surface area contributed by atoms with Gasteiger partial charge in [0, 0.05) is 28.6 Å². The Labute approximate surface area is 119 Å². The van der Waals surface area contributed by atoms with Crippen LogP contribution < -0.4 is 11.1 Å². The highest BCUT2D eigenvalue weighted by Crippen LogP contribution is 2.33. The van der Waals surface area contributed by atoms with Crippen molar-refractivity contribution in [3.05, 3.63) is 53.6 Å². The van der Waals surface area contributed by atoms with Crippen molar-refractivity contribution in [2.45, 2.75) is 23.6 Å². The number of hydrogen-bond donors (Lipinski definition) is 2. The fourth-order valence-electron chi connectivity index (χ4n) is 1.94. The Morgan fingerprint density at radius 2 is 1.63 bits per heavy atom. The van der Waals surface area contributed by atoms with Crippen LogP contribution in [0, 0.1) is 13.8 Å². The first kappa shape index (κ1) is 14.0. The van der Waals surface area contributed by atoms with E-state index in [1.165, 1.54) is 20.9 Å². The van der Waals surface area contributed by atoms with Crippen LogP contribution in [0.25, 0.3) is 0 Å². The first-order valence-corrected chi connectivity index (χ1v) is 7.30. The third kappa shape index (κ3) is 3.75. The van der Waals surface area contributed by atoms with Gasteiger partial charge >= 0.3 is 0 Å². The van der Waals surface area contributed by atoms with Crippen LogP contribution in [0.5, 0.6) is 0 Å². The number of anilines is 1. The first-order chi connectivity index (χ1) is 9.20. The Bertz CT molecular complexity index is 515. The standard InChI is InChI=1S/C16H20N2S/c1-12-4-3-5-13(2)16(12)19-15-8-6-14(7-9-15)18-11-10-17/h3-9,18H,10-11,17H2,1-2H3. The maximum atomic E-state index is 5.48. The predicted octanol–water partition coefficient (Wildman–Crippen LogP) is 3.83. The second-order valence-corrected chi connectivity index (χ2v) is 5.65. The Morgan fingerprint density at radius 1 is 1.00 bits per heavy atom. The van der Waals surface area contributed by atoms with Crippen LogP contribution in [-0.2, 0) is 0 Å². The van der Waals surface area contributed by atoms with Gasteiger partial charge in [0.1, 0.15) is 0 Å². The lowest BCUT2D eigenvalue weighted by molar-refractivity contribution is 1.02. The zero-order chi connectivity index (χ0) is 13.7. The minimum atomic E-state index is 0.652. The van der Waals surface area contributed by atoms with Crippen LogP contribution in [0.2, 0.25) is 0 Å². The van der Waals surface area contributed by atoms with Gasteiger partial charge in [-0.1, -0.05) is 30.0 Å². The molecule has 2 aromatic carbocycles. The maximum absolute atomic E-state index is 5.48. The van der Waals surface area contributed by atoms with E-state index in [-0.39, 0.29) is 0 Å². The maximum Gasteiger partial charge on any atom is 0.0341 e. The summed E-state index contributed by atoms with van der Waals surface area (Å²) in [5.74, 6) is 0. The molecule has 0 atom stereocenters. The van der Waals surface area contributed by atoms with Crippen LogP contribution in [0.4, 0.5) is 5.69 Å². The van der Waals surface area contributed by atoms with Gasteiger partial charge in [-0.05, 0) is 49.2 Å². The van der Waals surface area contributed by atoms with E-state index in [4.69, 9.17) is 5.73 Å². The second-order valence-electron chi connectivity index (χ2n) is 4.56. The van der Waals surface area contributed by atoms with E-state index >= 15 is 0 Å². The fraction of sp³-hybridized carbons (Fsp3) is 0.250. The molecule has 0 aromatic heterocycles. The van der Waals surface area contributed by atoms with E-state index in [0.29, 0.717) is 6.54 Å². The third-order valence-corrected chi connectivity index (χ3v) is 4.31. The Morgan fingerprint density at radius 3 is 2.21 bits per heavy atom. The molecule has 0 aliphatic rings. The molecule has 0 fully saturated rings. The molecule has 3 N–H and O–H groups in total. The molecule has 0 unspecified atom stereocenters. The lowest BCUT2D eigenvalue weighted by Crippen LogP contribution is -2.12. The summed E-state index contributed by atoms with van der Waals surface area (Å²) < 4.78 is 0. The van der Waals surface area contributed by atoms with Crippen molar-refractivity contribution in [2.24, 2.45) is 5.73 Å². The first-order valence-electron chi connectivity index (χ1n) is 6.49. The van der Waals surface area contributed by atoms with Crippen molar-refractivity contribution in [1.29, 1.82) is 0 Å². The summed E-state index contributed by atoms with van der Waals surface area (Å²) >= 11 is 1.82. The summed E-state index contributed by atoms with van der Waals surface area (Å²) in [5, 5.41) is 3.27. The van der Waals surface area contributed by atoms with Crippen LogP contribution in [-0.4, -0.2) is 13.1 Å². The zero-order valence-corrected chi connectivity index (χ0v) is 12.3. The largest absolute Gasteiger partial charge is 0.384 e. The van der Waals surface area contributed by atoms with E-state index in [2.05, 4.69) is 61.6 Å². The molecule has 0 saturated carbocycles. The molecule has 0 aliphatic heterocycles. The molecular weight excluding hydrogens is 252 g/mol.